The van der Waals surface area contributed by atoms with Gasteiger partial charge in [-0.2, -0.15) is 0 Å². The summed E-state index contributed by atoms with van der Waals surface area (Å²) in [6.45, 7) is 3.87. The largest absolute Gasteiger partial charge is 0.350 e. The molecule has 2 aromatic carbocycles. The number of benzene rings is 2. The van der Waals surface area contributed by atoms with E-state index in [9.17, 15) is 14.4 Å². The summed E-state index contributed by atoms with van der Waals surface area (Å²) in [5.74, 6) is -1.96. The van der Waals surface area contributed by atoms with Crippen LogP contribution in [0.4, 0.5) is 5.69 Å². The lowest BCUT2D eigenvalue weighted by Gasteiger charge is -2.13. The second-order valence-corrected chi connectivity index (χ2v) is 6.37. The number of carbonyl (C=O) groups is 3. The number of rotatable bonds is 5. The van der Waals surface area contributed by atoms with Crippen molar-refractivity contribution in [3.63, 3.8) is 0 Å². The molecular formula is C19H20ClN3O3. The normalized spacial score (nSPS) is 10.3. The van der Waals surface area contributed by atoms with Crippen LogP contribution < -0.4 is 16.0 Å². The molecule has 3 amide bonds. The SMILES string of the molecule is CC(C)NC(=O)c1ccccc1NC(=O)C(=O)NCc1ccc(Cl)cc1. The van der Waals surface area contributed by atoms with Gasteiger partial charge >= 0.3 is 11.8 Å². The zero-order chi connectivity index (χ0) is 19.1. The van der Waals surface area contributed by atoms with Crippen molar-refractivity contribution in [3.8, 4) is 0 Å². The van der Waals surface area contributed by atoms with E-state index in [1.165, 1.54) is 0 Å². The van der Waals surface area contributed by atoms with E-state index < -0.39 is 11.8 Å². The van der Waals surface area contributed by atoms with Crippen molar-refractivity contribution in [2.45, 2.75) is 26.4 Å². The van der Waals surface area contributed by atoms with E-state index in [1.54, 1.807) is 48.5 Å². The smallest absolute Gasteiger partial charge is 0.313 e. The Balaban J connectivity index is 1.99. The molecule has 2 rings (SSSR count). The van der Waals surface area contributed by atoms with Crippen molar-refractivity contribution >= 4 is 35.0 Å². The number of hydrogen-bond donors (Lipinski definition) is 3. The molecule has 3 N–H and O–H groups in total. The van der Waals surface area contributed by atoms with E-state index in [4.69, 9.17) is 11.6 Å². The number of hydrogen-bond acceptors (Lipinski definition) is 3. The van der Waals surface area contributed by atoms with Crippen LogP contribution in [0.1, 0.15) is 29.8 Å². The fourth-order valence-corrected chi connectivity index (χ4v) is 2.30. The topological polar surface area (TPSA) is 87.3 Å². The third-order valence-corrected chi connectivity index (χ3v) is 3.66. The Morgan fingerprint density at radius 1 is 0.962 bits per heavy atom. The summed E-state index contributed by atoms with van der Waals surface area (Å²) in [6.07, 6.45) is 0. The van der Waals surface area contributed by atoms with Crippen molar-refractivity contribution in [3.05, 3.63) is 64.7 Å². The molecule has 0 spiro atoms. The Labute approximate surface area is 156 Å². The van der Waals surface area contributed by atoms with Crippen molar-refractivity contribution in [1.82, 2.24) is 10.6 Å². The van der Waals surface area contributed by atoms with Gasteiger partial charge in [-0.05, 0) is 43.7 Å². The Kier molecular flexibility index (Phi) is 6.74. The average molecular weight is 374 g/mol. The van der Waals surface area contributed by atoms with Gasteiger partial charge < -0.3 is 16.0 Å². The highest BCUT2D eigenvalue weighted by Gasteiger charge is 2.18. The van der Waals surface area contributed by atoms with Gasteiger partial charge in [0.1, 0.15) is 0 Å². The molecule has 7 heteroatoms. The molecule has 0 aliphatic carbocycles. The van der Waals surface area contributed by atoms with Crippen LogP contribution in [0, 0.1) is 0 Å². The highest BCUT2D eigenvalue weighted by Crippen LogP contribution is 2.15. The molecule has 2 aromatic rings. The van der Waals surface area contributed by atoms with Crippen LogP contribution in [0.25, 0.3) is 0 Å². The first-order valence-electron chi connectivity index (χ1n) is 8.10. The van der Waals surface area contributed by atoms with Crippen LogP contribution in [0.15, 0.2) is 48.5 Å². The van der Waals surface area contributed by atoms with Crippen LogP contribution in [-0.4, -0.2) is 23.8 Å². The van der Waals surface area contributed by atoms with Crippen LogP contribution in [-0.2, 0) is 16.1 Å². The number of halogens is 1. The van der Waals surface area contributed by atoms with Crippen molar-refractivity contribution < 1.29 is 14.4 Å². The van der Waals surface area contributed by atoms with E-state index in [2.05, 4.69) is 16.0 Å². The van der Waals surface area contributed by atoms with E-state index in [-0.39, 0.29) is 24.2 Å². The maximum Gasteiger partial charge on any atom is 0.313 e. The van der Waals surface area contributed by atoms with Gasteiger partial charge in [0.15, 0.2) is 0 Å². The third-order valence-electron chi connectivity index (χ3n) is 3.41. The fourth-order valence-electron chi connectivity index (χ4n) is 2.17. The van der Waals surface area contributed by atoms with Crippen LogP contribution in [0.2, 0.25) is 5.02 Å². The van der Waals surface area contributed by atoms with Gasteiger partial charge in [0.2, 0.25) is 0 Å². The molecule has 0 radical (unpaired) electrons. The quantitative estimate of drug-likeness (QED) is 0.704. The molecule has 0 aliphatic heterocycles. The first-order valence-corrected chi connectivity index (χ1v) is 8.48. The number of amides is 3. The fraction of sp³-hybridized carbons (Fsp3) is 0.211. The third kappa shape index (κ3) is 5.60. The van der Waals surface area contributed by atoms with E-state index in [1.807, 2.05) is 13.8 Å². The molecule has 0 unspecified atom stereocenters. The van der Waals surface area contributed by atoms with Crippen molar-refractivity contribution in [2.24, 2.45) is 0 Å². The summed E-state index contributed by atoms with van der Waals surface area (Å²) in [4.78, 5) is 36.3. The maximum absolute atomic E-state index is 12.2. The average Bonchev–Trinajstić information content (AvgIpc) is 2.60. The Morgan fingerprint density at radius 2 is 1.62 bits per heavy atom. The Hall–Kier alpha value is -2.86. The van der Waals surface area contributed by atoms with E-state index >= 15 is 0 Å². The molecule has 0 fully saturated rings. The monoisotopic (exact) mass is 373 g/mol. The molecule has 0 saturated carbocycles. The van der Waals surface area contributed by atoms with Gasteiger partial charge in [-0.3, -0.25) is 14.4 Å². The van der Waals surface area contributed by atoms with Crippen LogP contribution in [0.3, 0.4) is 0 Å². The second-order valence-electron chi connectivity index (χ2n) is 5.94. The van der Waals surface area contributed by atoms with Crippen LogP contribution >= 0.6 is 11.6 Å². The molecule has 0 aliphatic rings. The van der Waals surface area contributed by atoms with Crippen molar-refractivity contribution in [2.75, 3.05) is 5.32 Å². The summed E-state index contributed by atoms with van der Waals surface area (Å²) < 4.78 is 0. The first-order chi connectivity index (χ1) is 12.4. The zero-order valence-corrected chi connectivity index (χ0v) is 15.3. The minimum Gasteiger partial charge on any atom is -0.350 e. The molecule has 0 aromatic heterocycles. The standard InChI is InChI=1S/C19H20ClN3O3/c1-12(2)22-17(24)15-5-3-4-6-16(15)23-19(26)18(25)21-11-13-7-9-14(20)10-8-13/h3-10,12H,11H2,1-2H3,(H,21,25)(H,22,24)(H,23,26). The second kappa shape index (κ2) is 9.01. The molecule has 6 nitrogen and oxygen atoms in total. The summed E-state index contributed by atoms with van der Waals surface area (Å²) in [6, 6.07) is 13.4. The zero-order valence-electron chi connectivity index (χ0n) is 14.5. The minimum atomic E-state index is -0.844. The summed E-state index contributed by atoms with van der Waals surface area (Å²) in [7, 11) is 0. The first kappa shape index (κ1) is 19.5. The molecular weight excluding hydrogens is 354 g/mol. The van der Waals surface area contributed by atoms with Gasteiger partial charge in [-0.1, -0.05) is 35.9 Å². The summed E-state index contributed by atoms with van der Waals surface area (Å²) in [5.41, 5.74) is 1.38. The summed E-state index contributed by atoms with van der Waals surface area (Å²) >= 11 is 5.80. The van der Waals surface area contributed by atoms with E-state index in [0.717, 1.165) is 5.56 Å². The van der Waals surface area contributed by atoms with Gasteiger partial charge in [-0.25, -0.2) is 0 Å². The molecule has 26 heavy (non-hydrogen) atoms. The summed E-state index contributed by atoms with van der Waals surface area (Å²) in [5, 5.41) is 8.34. The van der Waals surface area contributed by atoms with E-state index in [0.29, 0.717) is 10.6 Å². The number of para-hydroxylation sites is 1. The predicted molar refractivity (Wildman–Crippen MR) is 101 cm³/mol. The lowest BCUT2D eigenvalue weighted by molar-refractivity contribution is -0.136. The van der Waals surface area contributed by atoms with Gasteiger partial charge in [0.25, 0.3) is 5.91 Å². The molecule has 0 atom stereocenters. The van der Waals surface area contributed by atoms with Crippen LogP contribution in [0.5, 0.6) is 0 Å². The highest BCUT2D eigenvalue weighted by atomic mass is 35.5. The molecule has 0 bridgehead atoms. The number of anilines is 1. The molecule has 136 valence electrons. The Morgan fingerprint density at radius 3 is 2.27 bits per heavy atom. The Bertz CT molecular complexity index is 804. The minimum absolute atomic E-state index is 0.0473. The molecule has 0 heterocycles. The maximum atomic E-state index is 12.2. The number of nitrogens with one attached hydrogen (secondary N) is 3. The van der Waals surface area contributed by atoms with Gasteiger partial charge in [0, 0.05) is 17.6 Å². The van der Waals surface area contributed by atoms with Gasteiger partial charge in [-0.15, -0.1) is 0 Å². The number of carbonyl (C=O) groups excluding carboxylic acids is 3. The lowest BCUT2D eigenvalue weighted by Crippen LogP contribution is -2.36. The molecule has 0 saturated heterocycles. The predicted octanol–water partition coefficient (Wildman–Crippen LogP) is 2.73. The lowest BCUT2D eigenvalue weighted by atomic mass is 10.1. The van der Waals surface area contributed by atoms with Crippen molar-refractivity contribution in [1.29, 1.82) is 0 Å². The van der Waals surface area contributed by atoms with Gasteiger partial charge in [0.05, 0.1) is 11.3 Å². The highest BCUT2D eigenvalue weighted by molar-refractivity contribution is 6.40.